The molecule has 0 bridgehead atoms. The summed E-state index contributed by atoms with van der Waals surface area (Å²) in [6, 6.07) is 0. The third-order valence-corrected chi connectivity index (χ3v) is 1.21. The fraction of sp³-hybridized carbons (Fsp3) is 1.00. The minimum Gasteiger partial charge on any atom is -0.213 e. The van der Waals surface area contributed by atoms with E-state index in [0.29, 0.717) is 0 Å². The van der Waals surface area contributed by atoms with Crippen molar-refractivity contribution in [2.24, 2.45) is 8.73 Å². The summed E-state index contributed by atoms with van der Waals surface area (Å²) < 4.78 is 7.85. The van der Waals surface area contributed by atoms with Gasteiger partial charge in [0.1, 0.15) is 0 Å². The van der Waals surface area contributed by atoms with Crippen molar-refractivity contribution in [1.82, 2.24) is 0 Å². The molecular formula is C3H6N2S. The molecule has 3 heteroatoms. The summed E-state index contributed by atoms with van der Waals surface area (Å²) in [7, 11) is 0. The molecule has 2 nitrogen and oxygen atoms in total. The Kier molecular flexibility index (Phi) is 1.38. The van der Waals surface area contributed by atoms with Crippen molar-refractivity contribution in [3.8, 4) is 0 Å². The van der Waals surface area contributed by atoms with E-state index >= 15 is 0 Å². The highest BCUT2D eigenvalue weighted by Gasteiger charge is 1.83. The van der Waals surface area contributed by atoms with Crippen LogP contribution in [0.3, 0.4) is 0 Å². The molecule has 1 heterocycles. The Morgan fingerprint density at radius 1 is 1.17 bits per heavy atom. The van der Waals surface area contributed by atoms with E-state index in [1.165, 1.54) is 11.4 Å². The van der Waals surface area contributed by atoms with Gasteiger partial charge >= 0.3 is 0 Å². The predicted octanol–water partition coefficient (Wildman–Crippen LogP) is 0.840. The van der Waals surface area contributed by atoms with Crippen molar-refractivity contribution in [3.63, 3.8) is 0 Å². The molecule has 0 saturated heterocycles. The SMILES string of the molecule is C1CN=S=NC1. The molecule has 0 unspecified atom stereocenters. The normalized spacial score (nSPS) is 20.0. The molecule has 6 heavy (non-hydrogen) atoms. The largest absolute Gasteiger partial charge is 0.213 e. The van der Waals surface area contributed by atoms with Gasteiger partial charge in [-0.25, -0.2) is 8.73 Å². The molecule has 34 valence electrons. The van der Waals surface area contributed by atoms with Crippen molar-refractivity contribution in [2.45, 2.75) is 6.42 Å². The van der Waals surface area contributed by atoms with E-state index in [2.05, 4.69) is 8.73 Å². The summed E-state index contributed by atoms with van der Waals surface area (Å²) in [6.45, 7) is 1.99. The van der Waals surface area contributed by atoms with Gasteiger partial charge in [-0.15, -0.1) is 0 Å². The highest BCUT2D eigenvalue weighted by molar-refractivity contribution is 7.57. The van der Waals surface area contributed by atoms with Gasteiger partial charge in [-0.3, -0.25) is 0 Å². The van der Waals surface area contributed by atoms with Gasteiger partial charge in [-0.05, 0) is 6.42 Å². The number of rotatable bonds is 0. The van der Waals surface area contributed by atoms with E-state index in [-0.39, 0.29) is 0 Å². The third kappa shape index (κ3) is 0.897. The van der Waals surface area contributed by atoms with Crippen molar-refractivity contribution in [3.05, 3.63) is 0 Å². The first-order valence-corrected chi connectivity index (χ1v) is 2.73. The Labute approximate surface area is 40.5 Å². The first-order chi connectivity index (χ1) is 3.00. The van der Waals surface area contributed by atoms with Gasteiger partial charge in [0, 0.05) is 0 Å². The molecule has 0 aliphatic carbocycles. The molecular weight excluding hydrogens is 96.1 g/mol. The van der Waals surface area contributed by atoms with Crippen LogP contribution in [0.25, 0.3) is 0 Å². The van der Waals surface area contributed by atoms with Crippen LogP contribution in [0.2, 0.25) is 0 Å². The van der Waals surface area contributed by atoms with E-state index in [0.717, 1.165) is 19.5 Å². The van der Waals surface area contributed by atoms with Crippen LogP contribution in [0, 0.1) is 0 Å². The minimum atomic E-state index is 0.994. The molecule has 1 aliphatic rings. The summed E-state index contributed by atoms with van der Waals surface area (Å²) in [4.78, 5) is 0. The highest BCUT2D eigenvalue weighted by Crippen LogP contribution is 1.86. The topological polar surface area (TPSA) is 24.7 Å². The van der Waals surface area contributed by atoms with Crippen LogP contribution in [-0.4, -0.2) is 13.1 Å². The van der Waals surface area contributed by atoms with Crippen molar-refractivity contribution >= 4 is 11.4 Å². The quantitative estimate of drug-likeness (QED) is 0.433. The van der Waals surface area contributed by atoms with Crippen LogP contribution in [0.4, 0.5) is 0 Å². The molecule has 0 N–H and O–H groups in total. The zero-order valence-electron chi connectivity index (χ0n) is 3.42. The lowest BCUT2D eigenvalue weighted by atomic mass is 10.4. The lowest BCUT2D eigenvalue weighted by molar-refractivity contribution is 0.847. The molecule has 1 aliphatic heterocycles. The van der Waals surface area contributed by atoms with Gasteiger partial charge in [0.05, 0.1) is 24.4 Å². The Hall–Kier alpha value is -0.180. The van der Waals surface area contributed by atoms with Gasteiger partial charge in [0.2, 0.25) is 0 Å². The number of nitrogens with zero attached hydrogens (tertiary/aromatic N) is 2. The predicted molar refractivity (Wildman–Crippen MR) is 26.6 cm³/mol. The van der Waals surface area contributed by atoms with Gasteiger partial charge in [0.15, 0.2) is 0 Å². The van der Waals surface area contributed by atoms with Gasteiger partial charge in [0.25, 0.3) is 0 Å². The Bertz CT molecular complexity index is 85.0. The average Bonchev–Trinajstić information content (AvgIpc) is 1.72. The summed E-state index contributed by atoms with van der Waals surface area (Å²) in [6.07, 6.45) is 1.15. The third-order valence-electron chi connectivity index (χ3n) is 0.614. The maximum Gasteiger partial charge on any atom is 0.0577 e. The minimum absolute atomic E-state index is 0.994. The Morgan fingerprint density at radius 2 is 1.83 bits per heavy atom. The van der Waals surface area contributed by atoms with Crippen LogP contribution >= 0.6 is 0 Å². The molecule has 0 spiro atoms. The molecule has 0 fully saturated rings. The second-order valence-electron chi connectivity index (χ2n) is 1.14. The van der Waals surface area contributed by atoms with E-state index in [9.17, 15) is 0 Å². The van der Waals surface area contributed by atoms with Crippen molar-refractivity contribution in [1.29, 1.82) is 0 Å². The van der Waals surface area contributed by atoms with Crippen molar-refractivity contribution < 1.29 is 0 Å². The molecule has 0 amide bonds. The van der Waals surface area contributed by atoms with Gasteiger partial charge in [-0.1, -0.05) is 0 Å². The Balaban J connectivity index is 2.53. The second-order valence-corrected chi connectivity index (χ2v) is 1.82. The first-order valence-electron chi connectivity index (χ1n) is 2.00. The molecule has 0 radical (unpaired) electrons. The van der Waals surface area contributed by atoms with Crippen LogP contribution in [0.15, 0.2) is 8.73 Å². The first kappa shape index (κ1) is 3.99. The second kappa shape index (κ2) is 2.08. The van der Waals surface area contributed by atoms with Crippen LogP contribution in [-0.2, 0) is 11.4 Å². The Morgan fingerprint density at radius 3 is 2.00 bits per heavy atom. The molecule has 0 saturated carbocycles. The summed E-state index contributed by atoms with van der Waals surface area (Å²) >= 11 is 1.34. The summed E-state index contributed by atoms with van der Waals surface area (Å²) in [5, 5.41) is 0. The smallest absolute Gasteiger partial charge is 0.0577 e. The van der Waals surface area contributed by atoms with Crippen molar-refractivity contribution in [2.75, 3.05) is 13.1 Å². The molecule has 0 aromatic carbocycles. The maximum absolute atomic E-state index is 3.93. The van der Waals surface area contributed by atoms with E-state index < -0.39 is 0 Å². The van der Waals surface area contributed by atoms with E-state index in [1.54, 1.807) is 0 Å². The lowest BCUT2D eigenvalue weighted by Crippen LogP contribution is -1.86. The fourth-order valence-corrected chi connectivity index (χ4v) is 0.825. The molecule has 0 atom stereocenters. The highest BCUT2D eigenvalue weighted by atomic mass is 32.1. The van der Waals surface area contributed by atoms with Crippen LogP contribution in [0.5, 0.6) is 0 Å². The zero-order chi connectivity index (χ0) is 4.24. The number of hydrogen-bond donors (Lipinski definition) is 0. The lowest BCUT2D eigenvalue weighted by Gasteiger charge is -1.88. The number of hydrogen-bond acceptors (Lipinski definition) is 2. The molecule has 1 rings (SSSR count). The maximum atomic E-state index is 3.93. The molecule has 0 aromatic heterocycles. The zero-order valence-corrected chi connectivity index (χ0v) is 4.24. The summed E-state index contributed by atoms with van der Waals surface area (Å²) in [5.41, 5.74) is 0. The fourth-order valence-electron chi connectivity index (χ4n) is 0.322. The van der Waals surface area contributed by atoms with Crippen LogP contribution < -0.4 is 0 Å². The molecule has 0 aromatic rings. The monoisotopic (exact) mass is 102 g/mol. The van der Waals surface area contributed by atoms with E-state index in [4.69, 9.17) is 0 Å². The van der Waals surface area contributed by atoms with Gasteiger partial charge < -0.3 is 0 Å². The standard InChI is InChI=1S/C3H6N2S/c1-2-4-6-5-3-1/h1-3H2. The summed E-state index contributed by atoms with van der Waals surface area (Å²) in [5.74, 6) is 0. The van der Waals surface area contributed by atoms with E-state index in [1.807, 2.05) is 0 Å². The van der Waals surface area contributed by atoms with Gasteiger partial charge in [-0.2, -0.15) is 0 Å². The van der Waals surface area contributed by atoms with Crippen LogP contribution in [0.1, 0.15) is 6.42 Å². The average molecular weight is 102 g/mol.